The van der Waals surface area contributed by atoms with E-state index in [-0.39, 0.29) is 5.56 Å². The number of alkyl halides is 3. The summed E-state index contributed by atoms with van der Waals surface area (Å²) in [6.07, 6.45) is -1.03. The molecule has 9 heteroatoms. The lowest BCUT2D eigenvalue weighted by molar-refractivity contribution is 0.0942. The molecule has 130 valence electrons. The van der Waals surface area contributed by atoms with Crippen LogP contribution in [0.15, 0.2) is 48.5 Å². The molecule has 4 nitrogen and oxygen atoms in total. The van der Waals surface area contributed by atoms with Gasteiger partial charge in [-0.15, -0.1) is 0 Å². The minimum Gasteiger partial charge on any atom is -0.338 e. The largest absolute Gasteiger partial charge is 0.338 e. The average molecular weight is 419 g/mol. The Bertz CT molecular complexity index is 863. The molecular formula is C16H11Cl3FN3OS. The Morgan fingerprint density at radius 2 is 1.80 bits per heavy atom. The summed E-state index contributed by atoms with van der Waals surface area (Å²) in [6.45, 7) is 0. The first-order valence-electron chi connectivity index (χ1n) is 7.08. The maximum Gasteiger partial charge on any atom is 0.252 e. The lowest BCUT2D eigenvalue weighted by Gasteiger charge is -2.26. The number of carbonyl (C=O) groups is 1. The van der Waals surface area contributed by atoms with Gasteiger partial charge in [0, 0.05) is 5.56 Å². The number of nitrogens with one attached hydrogen (secondary N) is 2. The zero-order chi connectivity index (χ0) is 18.0. The molecule has 1 amide bonds. The SMILES string of the molecule is O=C(N[C@H](Nc1nc2ccccc2s1)C(Cl)(Cl)Cl)c1ccc(F)cc1. The summed E-state index contributed by atoms with van der Waals surface area (Å²) in [5, 5.41) is 6.01. The number of thiazole rings is 1. The van der Waals surface area contributed by atoms with E-state index in [9.17, 15) is 9.18 Å². The second-order valence-corrected chi connectivity index (χ2v) is 8.49. The monoisotopic (exact) mass is 417 g/mol. The minimum atomic E-state index is -1.83. The van der Waals surface area contributed by atoms with Crippen LogP contribution in [0, 0.1) is 5.82 Å². The molecule has 25 heavy (non-hydrogen) atoms. The quantitative estimate of drug-likeness (QED) is 0.464. The van der Waals surface area contributed by atoms with Gasteiger partial charge in [0.15, 0.2) is 5.13 Å². The third-order valence-corrected chi connectivity index (χ3v) is 4.89. The molecule has 0 saturated carbocycles. The number of fused-ring (bicyclic) bond motifs is 1. The summed E-state index contributed by atoms with van der Waals surface area (Å²) in [5.41, 5.74) is 1.04. The van der Waals surface area contributed by atoms with Gasteiger partial charge in [-0.05, 0) is 36.4 Å². The van der Waals surface area contributed by atoms with Crippen molar-refractivity contribution in [3.05, 3.63) is 59.9 Å². The van der Waals surface area contributed by atoms with E-state index in [0.29, 0.717) is 5.13 Å². The first-order chi connectivity index (χ1) is 11.8. The molecule has 0 aliphatic rings. The van der Waals surface area contributed by atoms with E-state index >= 15 is 0 Å². The number of amides is 1. The van der Waals surface area contributed by atoms with Crippen molar-refractivity contribution in [3.8, 4) is 0 Å². The molecule has 0 radical (unpaired) electrons. The second kappa shape index (κ2) is 7.33. The van der Waals surface area contributed by atoms with E-state index in [2.05, 4.69) is 15.6 Å². The van der Waals surface area contributed by atoms with Gasteiger partial charge in [0.1, 0.15) is 12.0 Å². The summed E-state index contributed by atoms with van der Waals surface area (Å²) < 4.78 is 12.1. The number of anilines is 1. The van der Waals surface area contributed by atoms with Gasteiger partial charge < -0.3 is 10.6 Å². The fourth-order valence-corrected chi connectivity index (χ4v) is 3.29. The standard InChI is InChI=1S/C16H11Cl3FN3OS/c17-16(18,19)14(22-13(24)9-5-7-10(20)8-6-9)23-15-21-11-3-1-2-4-12(11)25-15/h1-8,14H,(H,21,23)(H,22,24)/t14-/m1/s1. The molecule has 0 bridgehead atoms. The molecule has 1 aromatic heterocycles. The highest BCUT2D eigenvalue weighted by molar-refractivity contribution is 7.22. The van der Waals surface area contributed by atoms with Crippen molar-refractivity contribution >= 4 is 67.4 Å². The minimum absolute atomic E-state index is 0.242. The van der Waals surface area contributed by atoms with E-state index in [4.69, 9.17) is 34.8 Å². The Morgan fingerprint density at radius 3 is 2.44 bits per heavy atom. The average Bonchev–Trinajstić information content (AvgIpc) is 2.96. The molecule has 0 aliphatic heterocycles. The summed E-state index contributed by atoms with van der Waals surface area (Å²) >= 11 is 19.3. The van der Waals surface area contributed by atoms with Gasteiger partial charge in [0.05, 0.1) is 10.2 Å². The number of aromatic nitrogens is 1. The molecule has 3 aromatic rings. The zero-order valence-corrected chi connectivity index (χ0v) is 15.6. The van der Waals surface area contributed by atoms with Crippen LogP contribution < -0.4 is 10.6 Å². The molecule has 3 rings (SSSR count). The molecule has 0 aliphatic carbocycles. The van der Waals surface area contributed by atoms with Crippen molar-refractivity contribution in [3.63, 3.8) is 0 Å². The van der Waals surface area contributed by atoms with Gasteiger partial charge in [0.25, 0.3) is 5.91 Å². The Labute approximate surface area is 161 Å². The number of benzene rings is 2. The fourth-order valence-electron chi connectivity index (χ4n) is 2.07. The number of para-hydroxylation sites is 1. The van der Waals surface area contributed by atoms with E-state index in [1.54, 1.807) is 0 Å². The number of nitrogens with zero attached hydrogens (tertiary/aromatic N) is 1. The maximum atomic E-state index is 13.0. The normalized spacial score (nSPS) is 12.8. The van der Waals surface area contributed by atoms with Crippen molar-refractivity contribution in [1.82, 2.24) is 10.3 Å². The predicted octanol–water partition coefficient (Wildman–Crippen LogP) is 4.97. The van der Waals surface area contributed by atoms with Crippen LogP contribution in [0.3, 0.4) is 0 Å². The van der Waals surface area contributed by atoms with Gasteiger partial charge in [-0.2, -0.15) is 0 Å². The Hall–Kier alpha value is -1.60. The fraction of sp³-hybridized carbons (Fsp3) is 0.125. The van der Waals surface area contributed by atoms with Gasteiger partial charge >= 0.3 is 0 Å². The van der Waals surface area contributed by atoms with Crippen LogP contribution in [-0.4, -0.2) is 20.8 Å². The predicted molar refractivity (Wildman–Crippen MR) is 101 cm³/mol. The van der Waals surface area contributed by atoms with E-state index in [1.165, 1.54) is 35.6 Å². The summed E-state index contributed by atoms with van der Waals surface area (Å²) in [4.78, 5) is 16.7. The number of rotatable bonds is 4. The van der Waals surface area contributed by atoms with Crippen LogP contribution in [0.5, 0.6) is 0 Å². The van der Waals surface area contributed by atoms with Crippen LogP contribution in [-0.2, 0) is 0 Å². The first kappa shape index (κ1) is 18.2. The molecule has 2 N–H and O–H groups in total. The van der Waals surface area contributed by atoms with Crippen molar-refractivity contribution in [2.75, 3.05) is 5.32 Å². The Balaban J connectivity index is 1.80. The summed E-state index contributed by atoms with van der Waals surface area (Å²) in [7, 11) is 0. The van der Waals surface area contributed by atoms with Gasteiger partial charge in [-0.3, -0.25) is 4.79 Å². The van der Waals surface area contributed by atoms with Crippen LogP contribution in [0.4, 0.5) is 9.52 Å². The number of hydrogen-bond donors (Lipinski definition) is 2. The zero-order valence-electron chi connectivity index (χ0n) is 12.5. The van der Waals surface area contributed by atoms with Crippen LogP contribution in [0.1, 0.15) is 10.4 Å². The summed E-state index contributed by atoms with van der Waals surface area (Å²) in [5.74, 6) is -0.952. The first-order valence-corrected chi connectivity index (χ1v) is 9.03. The van der Waals surface area contributed by atoms with Crippen molar-refractivity contribution in [2.45, 2.75) is 9.96 Å². The van der Waals surface area contributed by atoms with Crippen LogP contribution >= 0.6 is 46.1 Å². The Kier molecular flexibility index (Phi) is 5.34. The Morgan fingerprint density at radius 1 is 1.12 bits per heavy atom. The highest BCUT2D eigenvalue weighted by Crippen LogP contribution is 2.33. The molecule has 0 unspecified atom stereocenters. The summed E-state index contributed by atoms with van der Waals surface area (Å²) in [6, 6.07) is 12.6. The molecule has 1 heterocycles. The smallest absolute Gasteiger partial charge is 0.252 e. The van der Waals surface area contributed by atoms with E-state index in [1.807, 2.05) is 24.3 Å². The molecular weight excluding hydrogens is 408 g/mol. The third kappa shape index (κ3) is 4.52. The van der Waals surface area contributed by atoms with Gasteiger partial charge in [-0.25, -0.2) is 9.37 Å². The van der Waals surface area contributed by atoms with Crippen LogP contribution in [0.2, 0.25) is 0 Å². The van der Waals surface area contributed by atoms with Gasteiger partial charge in [0.2, 0.25) is 3.79 Å². The number of halogens is 4. The molecule has 0 fully saturated rings. The molecule has 1 atom stereocenters. The number of hydrogen-bond acceptors (Lipinski definition) is 4. The molecule has 2 aromatic carbocycles. The van der Waals surface area contributed by atoms with Crippen molar-refractivity contribution < 1.29 is 9.18 Å². The lowest BCUT2D eigenvalue weighted by Crippen LogP contribution is -2.49. The molecule has 0 saturated heterocycles. The topological polar surface area (TPSA) is 54.0 Å². The van der Waals surface area contributed by atoms with Crippen LogP contribution in [0.25, 0.3) is 10.2 Å². The second-order valence-electron chi connectivity index (χ2n) is 5.09. The highest BCUT2D eigenvalue weighted by Gasteiger charge is 2.35. The van der Waals surface area contributed by atoms with Crippen molar-refractivity contribution in [1.29, 1.82) is 0 Å². The van der Waals surface area contributed by atoms with E-state index < -0.39 is 21.7 Å². The maximum absolute atomic E-state index is 13.0. The molecule has 0 spiro atoms. The highest BCUT2D eigenvalue weighted by atomic mass is 35.6. The van der Waals surface area contributed by atoms with Crippen molar-refractivity contribution in [2.24, 2.45) is 0 Å². The lowest BCUT2D eigenvalue weighted by atomic mass is 10.2. The third-order valence-electron chi connectivity index (χ3n) is 3.27. The number of carbonyl (C=O) groups excluding carboxylic acids is 1. The van der Waals surface area contributed by atoms with E-state index in [0.717, 1.165) is 10.2 Å². The van der Waals surface area contributed by atoms with Gasteiger partial charge in [-0.1, -0.05) is 58.3 Å².